The third-order valence-corrected chi connectivity index (χ3v) is 4.11. The van der Waals surface area contributed by atoms with Crippen LogP contribution < -0.4 is 0 Å². The molecule has 0 aliphatic heterocycles. The predicted molar refractivity (Wildman–Crippen MR) is 104 cm³/mol. The number of aromatic amines is 1. The molecule has 0 fully saturated rings. The molecule has 2 heterocycles. The Morgan fingerprint density at radius 1 is 0.929 bits per heavy atom. The summed E-state index contributed by atoms with van der Waals surface area (Å²) in [5.74, 6) is -0.859. The number of benzene rings is 2. The summed E-state index contributed by atoms with van der Waals surface area (Å²) in [6.45, 7) is 0.468. The molecular weight excluding hydrogens is 360 g/mol. The Balaban J connectivity index is 0.000000161. The van der Waals surface area contributed by atoms with Crippen LogP contribution in [-0.4, -0.2) is 41.7 Å². The fourth-order valence-electron chi connectivity index (χ4n) is 2.75. The number of para-hydroxylation sites is 4. The first-order valence-corrected chi connectivity index (χ1v) is 8.80. The molecule has 0 saturated carbocycles. The summed E-state index contributed by atoms with van der Waals surface area (Å²) in [5.41, 5.74) is 3.72. The third-order valence-electron chi connectivity index (χ3n) is 4.11. The topological polar surface area (TPSA) is 121 Å². The predicted octanol–water partition coefficient (Wildman–Crippen LogP) is 3.09. The zero-order valence-corrected chi connectivity index (χ0v) is 15.1. The first-order chi connectivity index (χ1) is 13.5. The van der Waals surface area contributed by atoms with Gasteiger partial charge in [-0.3, -0.25) is 9.59 Å². The van der Waals surface area contributed by atoms with Gasteiger partial charge in [0.25, 0.3) is 0 Å². The molecule has 0 spiro atoms. The first-order valence-electron chi connectivity index (χ1n) is 8.80. The number of carboxylic acid groups (broad SMARTS) is 2. The highest BCUT2D eigenvalue weighted by atomic mass is 16.4. The molecule has 3 N–H and O–H groups in total. The van der Waals surface area contributed by atoms with Gasteiger partial charge in [-0.15, -0.1) is 0 Å². The summed E-state index contributed by atoms with van der Waals surface area (Å²) >= 11 is 0. The molecule has 4 rings (SSSR count). The van der Waals surface area contributed by atoms with E-state index in [4.69, 9.17) is 10.2 Å². The quantitative estimate of drug-likeness (QED) is 0.473. The molecule has 4 aromatic rings. The van der Waals surface area contributed by atoms with Crippen LogP contribution in [0, 0.1) is 0 Å². The zero-order chi connectivity index (χ0) is 19.9. The van der Waals surface area contributed by atoms with Crippen molar-refractivity contribution in [3.05, 3.63) is 60.7 Å². The highest BCUT2D eigenvalue weighted by Crippen LogP contribution is 2.12. The van der Waals surface area contributed by atoms with E-state index < -0.39 is 11.9 Å². The van der Waals surface area contributed by atoms with Crippen molar-refractivity contribution in [3.8, 4) is 0 Å². The van der Waals surface area contributed by atoms with E-state index in [9.17, 15) is 9.59 Å². The second-order valence-corrected chi connectivity index (χ2v) is 6.16. The summed E-state index contributed by atoms with van der Waals surface area (Å²) < 4.78 is 1.85. The molecule has 0 atom stereocenters. The van der Waals surface area contributed by atoms with Crippen LogP contribution in [-0.2, 0) is 22.6 Å². The normalized spacial score (nSPS) is 10.6. The van der Waals surface area contributed by atoms with Crippen molar-refractivity contribution in [2.45, 2.75) is 25.8 Å². The maximum absolute atomic E-state index is 10.4. The van der Waals surface area contributed by atoms with Crippen molar-refractivity contribution in [2.24, 2.45) is 0 Å². The summed E-state index contributed by atoms with van der Waals surface area (Å²) in [6.07, 6.45) is 2.36. The van der Waals surface area contributed by atoms with Gasteiger partial charge in [-0.05, 0) is 24.3 Å². The molecule has 2 aromatic carbocycles. The van der Waals surface area contributed by atoms with Crippen LogP contribution in [0.3, 0.4) is 0 Å². The number of hydrogen-bond acceptors (Lipinski definition) is 4. The minimum Gasteiger partial charge on any atom is -0.481 e. The van der Waals surface area contributed by atoms with E-state index in [0.29, 0.717) is 13.0 Å². The summed E-state index contributed by atoms with van der Waals surface area (Å²) in [4.78, 5) is 32.3. The van der Waals surface area contributed by atoms with Crippen LogP contribution in [0.4, 0.5) is 0 Å². The number of fused-ring (bicyclic) bond motifs is 2. The van der Waals surface area contributed by atoms with Crippen LogP contribution >= 0.6 is 0 Å². The second kappa shape index (κ2) is 8.81. The maximum atomic E-state index is 10.4. The van der Waals surface area contributed by atoms with E-state index in [1.807, 2.05) is 53.1 Å². The Morgan fingerprint density at radius 3 is 2.32 bits per heavy atom. The number of hydrogen-bond donors (Lipinski definition) is 3. The number of carbonyl (C=O) groups is 2. The number of carboxylic acids is 2. The number of aryl methyl sites for hydroxylation is 2. The van der Waals surface area contributed by atoms with Crippen molar-refractivity contribution in [3.63, 3.8) is 0 Å². The molecule has 0 aliphatic carbocycles. The third kappa shape index (κ3) is 4.94. The van der Waals surface area contributed by atoms with E-state index in [2.05, 4.69) is 15.0 Å². The number of aliphatic carboxylic acids is 2. The summed E-state index contributed by atoms with van der Waals surface area (Å²) in [7, 11) is 0. The van der Waals surface area contributed by atoms with Crippen LogP contribution in [0.1, 0.15) is 18.7 Å². The molecule has 144 valence electrons. The summed E-state index contributed by atoms with van der Waals surface area (Å²) in [5, 5.41) is 17.1. The zero-order valence-electron chi connectivity index (χ0n) is 15.1. The smallest absolute Gasteiger partial charge is 0.305 e. The SMILES string of the molecule is O=C(O)CCc1nc2ccccc2[nH]1.O=C(O)CCn1cnc2ccccc21. The molecule has 0 bridgehead atoms. The van der Waals surface area contributed by atoms with Gasteiger partial charge < -0.3 is 19.8 Å². The molecule has 28 heavy (non-hydrogen) atoms. The van der Waals surface area contributed by atoms with Gasteiger partial charge >= 0.3 is 11.9 Å². The van der Waals surface area contributed by atoms with Crippen molar-refractivity contribution in [2.75, 3.05) is 0 Å². The average molecular weight is 380 g/mol. The van der Waals surface area contributed by atoms with Gasteiger partial charge in [0.1, 0.15) is 5.82 Å². The van der Waals surface area contributed by atoms with Crippen LogP contribution in [0.25, 0.3) is 22.1 Å². The average Bonchev–Trinajstić information content (AvgIpc) is 3.29. The maximum Gasteiger partial charge on any atom is 0.305 e. The lowest BCUT2D eigenvalue weighted by Gasteiger charge is -2.00. The molecule has 0 aliphatic rings. The van der Waals surface area contributed by atoms with Crippen LogP contribution in [0.5, 0.6) is 0 Å². The van der Waals surface area contributed by atoms with Gasteiger partial charge in [-0.1, -0.05) is 24.3 Å². The molecule has 0 saturated heterocycles. The van der Waals surface area contributed by atoms with Gasteiger partial charge in [-0.25, -0.2) is 9.97 Å². The van der Waals surface area contributed by atoms with Gasteiger partial charge in [0.2, 0.25) is 0 Å². The van der Waals surface area contributed by atoms with E-state index in [0.717, 1.165) is 27.9 Å². The Morgan fingerprint density at radius 2 is 1.61 bits per heavy atom. The molecule has 8 heteroatoms. The van der Waals surface area contributed by atoms with Crippen molar-refractivity contribution in [1.82, 2.24) is 19.5 Å². The minimum atomic E-state index is -0.801. The lowest BCUT2D eigenvalue weighted by atomic mass is 10.3. The Bertz CT molecular complexity index is 1060. The standard InChI is InChI=1S/2C10H10N2O2/c13-10(14)5-6-12-7-11-8-3-1-2-4-9(8)12;13-10(14)6-5-9-11-7-3-1-2-4-8(7)12-9/h1-4,7H,5-6H2,(H,13,14);1-4H,5-6H2,(H,11,12)(H,13,14). The number of nitrogens with one attached hydrogen (secondary N) is 1. The van der Waals surface area contributed by atoms with Crippen molar-refractivity contribution in [1.29, 1.82) is 0 Å². The highest BCUT2D eigenvalue weighted by molar-refractivity contribution is 5.76. The molecule has 2 aromatic heterocycles. The lowest BCUT2D eigenvalue weighted by Crippen LogP contribution is -2.03. The van der Waals surface area contributed by atoms with Gasteiger partial charge in [0.15, 0.2) is 0 Å². The summed E-state index contributed by atoms with van der Waals surface area (Å²) in [6, 6.07) is 15.3. The number of imidazole rings is 2. The molecule has 8 nitrogen and oxygen atoms in total. The van der Waals surface area contributed by atoms with E-state index in [-0.39, 0.29) is 12.8 Å². The second-order valence-electron chi connectivity index (χ2n) is 6.16. The lowest BCUT2D eigenvalue weighted by molar-refractivity contribution is -0.138. The number of aromatic nitrogens is 4. The van der Waals surface area contributed by atoms with Crippen LogP contribution in [0.15, 0.2) is 54.9 Å². The van der Waals surface area contributed by atoms with Crippen LogP contribution in [0.2, 0.25) is 0 Å². The number of rotatable bonds is 6. The first kappa shape index (κ1) is 19.1. The van der Waals surface area contributed by atoms with E-state index in [1.54, 1.807) is 6.33 Å². The molecule has 0 radical (unpaired) electrons. The molecular formula is C20H20N4O4. The Kier molecular flexibility index (Phi) is 6.01. The molecule has 0 amide bonds. The Labute approximate surface area is 160 Å². The molecule has 0 unspecified atom stereocenters. The van der Waals surface area contributed by atoms with E-state index >= 15 is 0 Å². The van der Waals surface area contributed by atoms with Gasteiger partial charge in [-0.2, -0.15) is 0 Å². The number of H-pyrrole nitrogens is 1. The Hall–Kier alpha value is -3.68. The van der Waals surface area contributed by atoms with Gasteiger partial charge in [0.05, 0.1) is 41.2 Å². The van der Waals surface area contributed by atoms with Crippen molar-refractivity contribution >= 4 is 34.0 Å². The van der Waals surface area contributed by atoms with Crippen molar-refractivity contribution < 1.29 is 19.8 Å². The fraction of sp³-hybridized carbons (Fsp3) is 0.200. The monoisotopic (exact) mass is 380 g/mol. The fourth-order valence-corrected chi connectivity index (χ4v) is 2.75. The minimum absolute atomic E-state index is 0.111. The highest BCUT2D eigenvalue weighted by Gasteiger charge is 2.04. The largest absolute Gasteiger partial charge is 0.481 e. The number of nitrogens with zero attached hydrogens (tertiary/aromatic N) is 3. The van der Waals surface area contributed by atoms with E-state index in [1.165, 1.54) is 0 Å². The van der Waals surface area contributed by atoms with Gasteiger partial charge in [0, 0.05) is 13.0 Å².